The largest absolute Gasteiger partial charge is 0.272 e. The third-order valence-corrected chi connectivity index (χ3v) is 2.85. The predicted octanol–water partition coefficient (Wildman–Crippen LogP) is 1.54. The molecule has 0 saturated carbocycles. The van der Waals surface area contributed by atoms with E-state index >= 15 is 0 Å². The highest BCUT2D eigenvalue weighted by Crippen LogP contribution is 2.20. The molecule has 1 aliphatic carbocycles. The van der Waals surface area contributed by atoms with Crippen molar-refractivity contribution in [3.63, 3.8) is 0 Å². The van der Waals surface area contributed by atoms with Crippen LogP contribution in [-0.4, -0.2) is 19.7 Å². The Balaban J connectivity index is 2.04. The number of rotatable bonds is 1. The second-order valence-corrected chi connectivity index (χ2v) is 3.85. The maximum Gasteiger partial charge on any atom is 0.139 e. The lowest BCUT2D eigenvalue weighted by atomic mass is 9.96. The standard InChI is InChI=1S/C11H12N4/c1-2-4-10-9(3-1)5-6-11(14-10)15-7-12-13-8-15/h5-8H,1-4H2. The van der Waals surface area contributed by atoms with Gasteiger partial charge in [0.15, 0.2) is 0 Å². The second-order valence-electron chi connectivity index (χ2n) is 3.85. The van der Waals surface area contributed by atoms with Gasteiger partial charge in [-0.1, -0.05) is 6.07 Å². The molecular weight excluding hydrogens is 188 g/mol. The maximum atomic E-state index is 4.64. The Hall–Kier alpha value is -1.71. The van der Waals surface area contributed by atoms with Crippen molar-refractivity contribution in [1.29, 1.82) is 0 Å². The van der Waals surface area contributed by atoms with E-state index in [2.05, 4.69) is 21.2 Å². The third-order valence-electron chi connectivity index (χ3n) is 2.85. The van der Waals surface area contributed by atoms with Crippen molar-refractivity contribution < 1.29 is 0 Å². The Morgan fingerprint density at radius 3 is 2.67 bits per heavy atom. The molecule has 0 bridgehead atoms. The van der Waals surface area contributed by atoms with Crippen molar-refractivity contribution >= 4 is 0 Å². The molecule has 76 valence electrons. The molecule has 0 radical (unpaired) electrons. The zero-order valence-electron chi connectivity index (χ0n) is 8.43. The first-order valence-corrected chi connectivity index (χ1v) is 5.27. The van der Waals surface area contributed by atoms with Gasteiger partial charge in [0.2, 0.25) is 0 Å². The van der Waals surface area contributed by atoms with Gasteiger partial charge in [-0.15, -0.1) is 10.2 Å². The van der Waals surface area contributed by atoms with Crippen molar-refractivity contribution in [1.82, 2.24) is 19.7 Å². The highest BCUT2D eigenvalue weighted by Gasteiger charge is 2.11. The van der Waals surface area contributed by atoms with Crippen LogP contribution in [0.15, 0.2) is 24.8 Å². The SMILES string of the molecule is c1cc2c(nc1-n1cnnc1)CCCC2. The van der Waals surface area contributed by atoms with Crippen LogP contribution in [0, 0.1) is 0 Å². The molecule has 2 aromatic rings. The first kappa shape index (κ1) is 8.59. The maximum absolute atomic E-state index is 4.64. The van der Waals surface area contributed by atoms with Gasteiger partial charge in [0.1, 0.15) is 18.5 Å². The van der Waals surface area contributed by atoms with E-state index < -0.39 is 0 Å². The molecule has 0 spiro atoms. The summed E-state index contributed by atoms with van der Waals surface area (Å²) in [4.78, 5) is 4.64. The quantitative estimate of drug-likeness (QED) is 0.701. The van der Waals surface area contributed by atoms with E-state index in [4.69, 9.17) is 0 Å². The summed E-state index contributed by atoms with van der Waals surface area (Å²) in [6, 6.07) is 4.21. The average Bonchev–Trinajstić information content (AvgIpc) is 2.82. The fourth-order valence-corrected chi connectivity index (χ4v) is 2.03. The van der Waals surface area contributed by atoms with E-state index in [9.17, 15) is 0 Å². The van der Waals surface area contributed by atoms with Gasteiger partial charge in [-0.2, -0.15) is 0 Å². The monoisotopic (exact) mass is 200 g/mol. The van der Waals surface area contributed by atoms with Gasteiger partial charge in [-0.3, -0.25) is 4.57 Å². The van der Waals surface area contributed by atoms with E-state index in [1.54, 1.807) is 12.7 Å². The lowest BCUT2D eigenvalue weighted by Crippen LogP contribution is -2.07. The predicted molar refractivity (Wildman–Crippen MR) is 55.8 cm³/mol. The van der Waals surface area contributed by atoms with E-state index in [1.807, 2.05) is 10.6 Å². The first-order valence-electron chi connectivity index (χ1n) is 5.27. The smallest absolute Gasteiger partial charge is 0.139 e. The minimum absolute atomic E-state index is 0.917. The van der Waals surface area contributed by atoms with Crippen LogP contribution in [0.5, 0.6) is 0 Å². The molecule has 2 aromatic heterocycles. The molecule has 0 amide bonds. The van der Waals surface area contributed by atoms with Crippen LogP contribution in [0.25, 0.3) is 5.82 Å². The summed E-state index contributed by atoms with van der Waals surface area (Å²) >= 11 is 0. The van der Waals surface area contributed by atoms with E-state index in [-0.39, 0.29) is 0 Å². The lowest BCUT2D eigenvalue weighted by Gasteiger charge is -2.15. The van der Waals surface area contributed by atoms with E-state index in [1.165, 1.54) is 30.5 Å². The molecule has 0 unspecified atom stereocenters. The number of aromatic nitrogens is 4. The number of hydrogen-bond donors (Lipinski definition) is 0. The normalized spacial score (nSPS) is 14.9. The lowest BCUT2D eigenvalue weighted by molar-refractivity contribution is 0.665. The topological polar surface area (TPSA) is 43.6 Å². The minimum atomic E-state index is 0.917. The fraction of sp³-hybridized carbons (Fsp3) is 0.364. The van der Waals surface area contributed by atoms with Gasteiger partial charge < -0.3 is 0 Å². The summed E-state index contributed by atoms with van der Waals surface area (Å²) in [5.74, 6) is 0.917. The number of aryl methyl sites for hydroxylation is 2. The molecule has 0 atom stereocenters. The Kier molecular flexibility index (Phi) is 1.98. The molecule has 0 aliphatic heterocycles. The van der Waals surface area contributed by atoms with Crippen molar-refractivity contribution in [3.05, 3.63) is 36.0 Å². The van der Waals surface area contributed by atoms with Gasteiger partial charge in [-0.25, -0.2) is 4.98 Å². The van der Waals surface area contributed by atoms with Crippen LogP contribution in [-0.2, 0) is 12.8 Å². The van der Waals surface area contributed by atoms with Crippen molar-refractivity contribution in [2.45, 2.75) is 25.7 Å². The zero-order valence-corrected chi connectivity index (χ0v) is 8.43. The highest BCUT2D eigenvalue weighted by molar-refractivity contribution is 5.31. The Morgan fingerprint density at radius 1 is 1.00 bits per heavy atom. The number of pyridine rings is 1. The first-order chi connectivity index (χ1) is 7.43. The summed E-state index contributed by atoms with van der Waals surface area (Å²) in [6.45, 7) is 0. The highest BCUT2D eigenvalue weighted by atomic mass is 15.2. The molecule has 1 aliphatic rings. The summed E-state index contributed by atoms with van der Waals surface area (Å²) in [5, 5.41) is 7.57. The number of fused-ring (bicyclic) bond motifs is 1. The van der Waals surface area contributed by atoms with Gasteiger partial charge in [0.05, 0.1) is 0 Å². The van der Waals surface area contributed by atoms with Gasteiger partial charge in [0.25, 0.3) is 0 Å². The Labute approximate surface area is 88.0 Å². The second kappa shape index (κ2) is 3.46. The summed E-state index contributed by atoms with van der Waals surface area (Å²) < 4.78 is 1.84. The fourth-order valence-electron chi connectivity index (χ4n) is 2.03. The molecule has 2 heterocycles. The zero-order chi connectivity index (χ0) is 10.1. The molecule has 3 rings (SSSR count). The number of nitrogens with zero attached hydrogens (tertiary/aromatic N) is 4. The molecule has 15 heavy (non-hydrogen) atoms. The van der Waals surface area contributed by atoms with Gasteiger partial charge in [0, 0.05) is 5.69 Å². The molecule has 4 nitrogen and oxygen atoms in total. The van der Waals surface area contributed by atoms with Crippen LogP contribution >= 0.6 is 0 Å². The van der Waals surface area contributed by atoms with Crippen LogP contribution in [0.2, 0.25) is 0 Å². The van der Waals surface area contributed by atoms with Gasteiger partial charge >= 0.3 is 0 Å². The molecule has 0 saturated heterocycles. The van der Waals surface area contributed by atoms with Gasteiger partial charge in [-0.05, 0) is 37.3 Å². The van der Waals surface area contributed by atoms with Crippen LogP contribution < -0.4 is 0 Å². The van der Waals surface area contributed by atoms with Crippen molar-refractivity contribution in [2.75, 3.05) is 0 Å². The molecule has 0 N–H and O–H groups in total. The number of hydrogen-bond acceptors (Lipinski definition) is 3. The molecular formula is C11H12N4. The molecule has 4 heteroatoms. The third kappa shape index (κ3) is 1.52. The van der Waals surface area contributed by atoms with Crippen molar-refractivity contribution in [2.24, 2.45) is 0 Å². The Morgan fingerprint density at radius 2 is 1.80 bits per heavy atom. The summed E-state index contributed by atoms with van der Waals surface area (Å²) in [5.41, 5.74) is 2.64. The van der Waals surface area contributed by atoms with Crippen molar-refractivity contribution in [3.8, 4) is 5.82 Å². The molecule has 0 aromatic carbocycles. The van der Waals surface area contributed by atoms with Crippen LogP contribution in [0.4, 0.5) is 0 Å². The van der Waals surface area contributed by atoms with Crippen LogP contribution in [0.1, 0.15) is 24.1 Å². The average molecular weight is 200 g/mol. The summed E-state index contributed by atoms with van der Waals surface area (Å²) in [7, 11) is 0. The minimum Gasteiger partial charge on any atom is -0.272 e. The molecule has 0 fully saturated rings. The van der Waals surface area contributed by atoms with E-state index in [0.29, 0.717) is 0 Å². The van der Waals surface area contributed by atoms with Crippen LogP contribution in [0.3, 0.4) is 0 Å². The Bertz CT molecular complexity index is 461. The summed E-state index contributed by atoms with van der Waals surface area (Å²) in [6.07, 6.45) is 8.18. The van der Waals surface area contributed by atoms with E-state index in [0.717, 1.165) is 12.2 Å².